The number of para-hydroxylation sites is 1. The molecule has 0 saturated heterocycles. The van der Waals surface area contributed by atoms with Gasteiger partial charge in [0, 0.05) is 18.2 Å². The van der Waals surface area contributed by atoms with Crippen LogP contribution in [0.1, 0.15) is 40.1 Å². The normalized spacial score (nSPS) is 14.0. The highest BCUT2D eigenvalue weighted by molar-refractivity contribution is 7.91. The number of hydrogen-bond donors (Lipinski definition) is 2. The number of carboxylic acid groups (broad SMARTS) is 1. The summed E-state index contributed by atoms with van der Waals surface area (Å²) in [4.78, 5) is 32.9. The smallest absolute Gasteiger partial charge is 0.416 e. The van der Waals surface area contributed by atoms with Crippen LogP contribution in [0.25, 0.3) is 0 Å². The SMILES string of the molecule is CC(C)N1C(=O)c2ccccc2NS1(=O)=O.O=C(O)c1cc(Oc2ccc(C(F)(F)F)cc2Cl)ccc1[N+](=O)[O-]. The second-order valence-electron chi connectivity index (χ2n) is 8.33. The zero-order valence-electron chi connectivity index (χ0n) is 20.5. The van der Waals surface area contributed by atoms with E-state index in [-0.39, 0.29) is 16.5 Å². The van der Waals surface area contributed by atoms with E-state index in [0.29, 0.717) is 17.3 Å². The molecule has 40 heavy (non-hydrogen) atoms. The van der Waals surface area contributed by atoms with E-state index in [1.54, 1.807) is 38.1 Å². The maximum atomic E-state index is 12.6. The summed E-state index contributed by atoms with van der Waals surface area (Å²) in [7, 11) is -3.75. The highest BCUT2D eigenvalue weighted by atomic mass is 35.5. The van der Waals surface area contributed by atoms with Gasteiger partial charge in [-0.3, -0.25) is 19.6 Å². The number of carbonyl (C=O) groups excluding carboxylic acids is 1. The number of carboxylic acids is 1. The van der Waals surface area contributed by atoms with Crippen molar-refractivity contribution in [2.24, 2.45) is 0 Å². The van der Waals surface area contributed by atoms with Crippen LogP contribution in [0.2, 0.25) is 5.02 Å². The van der Waals surface area contributed by atoms with E-state index < -0.39 is 56.0 Å². The topological polar surface area (TPSA) is 156 Å². The van der Waals surface area contributed by atoms with Crippen molar-refractivity contribution < 1.29 is 45.9 Å². The molecule has 3 aromatic rings. The Labute approximate surface area is 230 Å². The molecule has 0 fully saturated rings. The van der Waals surface area contributed by atoms with E-state index >= 15 is 0 Å². The summed E-state index contributed by atoms with van der Waals surface area (Å²) in [6.45, 7) is 3.32. The molecule has 0 saturated carbocycles. The number of nitrogens with zero attached hydrogens (tertiary/aromatic N) is 2. The van der Waals surface area contributed by atoms with Crippen LogP contribution < -0.4 is 9.46 Å². The molecule has 0 bridgehead atoms. The average molecular weight is 602 g/mol. The maximum Gasteiger partial charge on any atom is 0.416 e. The lowest BCUT2D eigenvalue weighted by Crippen LogP contribution is -2.48. The first kappa shape index (κ1) is 30.2. The van der Waals surface area contributed by atoms with Gasteiger partial charge in [0.05, 0.1) is 26.8 Å². The molecular weight excluding hydrogens is 583 g/mol. The molecule has 0 spiro atoms. The molecule has 0 aromatic heterocycles. The fourth-order valence-electron chi connectivity index (χ4n) is 3.48. The fraction of sp³-hybridized carbons (Fsp3) is 0.167. The van der Waals surface area contributed by atoms with Gasteiger partial charge < -0.3 is 9.84 Å². The van der Waals surface area contributed by atoms with Crippen molar-refractivity contribution in [3.8, 4) is 11.5 Å². The molecule has 1 amide bonds. The van der Waals surface area contributed by atoms with Gasteiger partial charge in [0.25, 0.3) is 11.6 Å². The second-order valence-corrected chi connectivity index (χ2v) is 10.3. The number of carbonyl (C=O) groups is 2. The van der Waals surface area contributed by atoms with Crippen molar-refractivity contribution in [3.63, 3.8) is 0 Å². The number of anilines is 1. The Bertz CT molecular complexity index is 1600. The zero-order valence-corrected chi connectivity index (χ0v) is 22.0. The Morgan fingerprint density at radius 1 is 1.12 bits per heavy atom. The minimum absolute atomic E-state index is 0.125. The molecule has 1 aliphatic heterocycles. The minimum atomic E-state index is -4.58. The first-order chi connectivity index (χ1) is 18.5. The zero-order chi connectivity index (χ0) is 30.0. The molecule has 0 atom stereocenters. The number of nitrogens with one attached hydrogen (secondary N) is 1. The van der Waals surface area contributed by atoms with Gasteiger partial charge in [-0.2, -0.15) is 21.6 Å². The van der Waals surface area contributed by atoms with Crippen LogP contribution in [0.3, 0.4) is 0 Å². The average Bonchev–Trinajstić information content (AvgIpc) is 2.84. The molecule has 11 nitrogen and oxygen atoms in total. The van der Waals surface area contributed by atoms with E-state index in [1.165, 1.54) is 0 Å². The molecular formula is C24H19ClF3N3O8S. The fourth-order valence-corrected chi connectivity index (χ4v) is 5.13. The quantitative estimate of drug-likeness (QED) is 0.268. The molecule has 3 aromatic carbocycles. The second kappa shape index (κ2) is 11.4. The number of fused-ring (bicyclic) bond motifs is 1. The van der Waals surface area contributed by atoms with Gasteiger partial charge in [-0.05, 0) is 50.2 Å². The monoisotopic (exact) mass is 601 g/mol. The van der Waals surface area contributed by atoms with Crippen LogP contribution in [0.15, 0.2) is 60.7 Å². The number of nitro groups is 1. The van der Waals surface area contributed by atoms with E-state index in [9.17, 15) is 41.3 Å². The molecule has 0 aliphatic carbocycles. The number of hydrogen-bond acceptors (Lipinski definition) is 7. The van der Waals surface area contributed by atoms with Crippen LogP contribution in [0.4, 0.5) is 24.5 Å². The van der Waals surface area contributed by atoms with Crippen molar-refractivity contribution in [2.75, 3.05) is 4.72 Å². The van der Waals surface area contributed by atoms with Gasteiger partial charge in [-0.1, -0.05) is 23.7 Å². The van der Waals surface area contributed by atoms with Crippen molar-refractivity contribution in [1.29, 1.82) is 0 Å². The van der Waals surface area contributed by atoms with Crippen LogP contribution in [0, 0.1) is 10.1 Å². The molecule has 212 valence electrons. The maximum absolute atomic E-state index is 12.6. The van der Waals surface area contributed by atoms with Gasteiger partial charge in [-0.15, -0.1) is 0 Å². The Kier molecular flexibility index (Phi) is 8.60. The molecule has 0 unspecified atom stereocenters. The van der Waals surface area contributed by atoms with Crippen LogP contribution in [-0.2, 0) is 16.4 Å². The van der Waals surface area contributed by atoms with Gasteiger partial charge in [0.2, 0.25) is 0 Å². The first-order valence-corrected chi connectivity index (χ1v) is 12.9. The number of ether oxygens (including phenoxy) is 1. The number of rotatable bonds is 5. The van der Waals surface area contributed by atoms with E-state index in [0.717, 1.165) is 34.6 Å². The number of aromatic carboxylic acids is 1. The van der Waals surface area contributed by atoms with Gasteiger partial charge in [0.15, 0.2) is 0 Å². The van der Waals surface area contributed by atoms with Crippen LogP contribution in [0.5, 0.6) is 11.5 Å². The largest absolute Gasteiger partial charge is 0.477 e. The van der Waals surface area contributed by atoms with Crippen LogP contribution in [-0.4, -0.2) is 40.7 Å². The third-order valence-corrected chi connectivity index (χ3v) is 7.09. The molecule has 1 heterocycles. The number of alkyl halides is 3. The predicted octanol–water partition coefficient (Wildman–Crippen LogP) is 5.97. The van der Waals surface area contributed by atoms with Gasteiger partial charge in [-0.25, -0.2) is 9.10 Å². The Hall–Kier alpha value is -4.37. The molecule has 4 rings (SSSR count). The third-order valence-electron chi connectivity index (χ3n) is 5.21. The lowest BCUT2D eigenvalue weighted by atomic mass is 10.1. The van der Waals surface area contributed by atoms with Crippen molar-refractivity contribution >= 4 is 45.1 Å². The van der Waals surface area contributed by atoms with Crippen molar-refractivity contribution in [2.45, 2.75) is 26.1 Å². The Morgan fingerprint density at radius 2 is 1.77 bits per heavy atom. The van der Waals surface area contributed by atoms with E-state index in [2.05, 4.69) is 4.72 Å². The third kappa shape index (κ3) is 6.60. The summed E-state index contributed by atoms with van der Waals surface area (Å²) < 4.78 is 69.7. The summed E-state index contributed by atoms with van der Waals surface area (Å²) >= 11 is 5.72. The lowest BCUT2D eigenvalue weighted by molar-refractivity contribution is -0.385. The lowest BCUT2D eigenvalue weighted by Gasteiger charge is -2.31. The predicted molar refractivity (Wildman–Crippen MR) is 137 cm³/mol. The number of amides is 1. The number of halogens is 4. The summed E-state index contributed by atoms with van der Waals surface area (Å²) in [6, 6.07) is 11.4. The minimum Gasteiger partial charge on any atom is -0.477 e. The summed E-state index contributed by atoms with van der Waals surface area (Å²) in [5.74, 6) is -2.32. The number of benzene rings is 3. The van der Waals surface area contributed by atoms with Gasteiger partial charge in [0.1, 0.15) is 17.1 Å². The van der Waals surface area contributed by atoms with Crippen molar-refractivity contribution in [1.82, 2.24) is 4.31 Å². The van der Waals surface area contributed by atoms with E-state index in [4.69, 9.17) is 21.4 Å². The molecule has 2 N–H and O–H groups in total. The van der Waals surface area contributed by atoms with E-state index in [1.807, 2.05) is 0 Å². The molecule has 1 aliphatic rings. The molecule has 16 heteroatoms. The molecule has 0 radical (unpaired) electrons. The van der Waals surface area contributed by atoms with Gasteiger partial charge >= 0.3 is 22.4 Å². The first-order valence-electron chi connectivity index (χ1n) is 11.0. The number of nitro benzene ring substituents is 1. The Morgan fingerprint density at radius 3 is 2.33 bits per heavy atom. The van der Waals surface area contributed by atoms with Crippen molar-refractivity contribution in [3.05, 3.63) is 92.5 Å². The Balaban J connectivity index is 0.000000238. The summed E-state index contributed by atoms with van der Waals surface area (Å²) in [5, 5.41) is 19.4. The highest BCUT2D eigenvalue weighted by Gasteiger charge is 2.37. The standard InChI is InChI=1S/C14H7ClF3NO5.C10H12N2O3S/c15-10-5-7(14(16,17)18)1-4-12(10)24-8-2-3-11(19(22)23)9(6-8)13(20)21;1-7(2)12-10(13)8-5-3-4-6-9(8)11-16(12,14)15/h1-6H,(H,20,21);3-7,11H,1-2H3. The highest BCUT2D eigenvalue weighted by Crippen LogP contribution is 2.37. The summed E-state index contributed by atoms with van der Waals surface area (Å²) in [5.41, 5.74) is -1.53. The van der Waals surface area contributed by atoms with Crippen LogP contribution >= 0.6 is 11.6 Å². The summed E-state index contributed by atoms with van der Waals surface area (Å²) in [6.07, 6.45) is -4.58.